The van der Waals surface area contributed by atoms with Crippen molar-refractivity contribution in [3.05, 3.63) is 65.4 Å². The third-order valence-corrected chi connectivity index (χ3v) is 5.61. The fraction of sp³-hybridized carbons (Fsp3) is 0.333. The zero-order valence-corrected chi connectivity index (χ0v) is 18.2. The van der Waals surface area contributed by atoms with E-state index in [1.807, 2.05) is 13.8 Å². The van der Waals surface area contributed by atoms with Gasteiger partial charge >= 0.3 is 6.61 Å². The molecule has 3 aromatic rings. The van der Waals surface area contributed by atoms with Crippen molar-refractivity contribution in [2.24, 2.45) is 5.92 Å². The quantitative estimate of drug-likeness (QED) is 0.413. The van der Waals surface area contributed by atoms with Crippen LogP contribution in [0.2, 0.25) is 0 Å². The van der Waals surface area contributed by atoms with Crippen molar-refractivity contribution in [1.29, 1.82) is 5.41 Å². The van der Waals surface area contributed by atoms with Crippen LogP contribution >= 0.6 is 0 Å². The first kappa shape index (κ1) is 22.8. The van der Waals surface area contributed by atoms with Gasteiger partial charge in [-0.2, -0.15) is 8.78 Å². The molecule has 0 fully saturated rings. The lowest BCUT2D eigenvalue weighted by molar-refractivity contribution is -0.0507. The van der Waals surface area contributed by atoms with Gasteiger partial charge in [-0.25, -0.2) is 9.37 Å². The fourth-order valence-corrected chi connectivity index (χ4v) is 4.17. The number of alkyl halides is 2. The van der Waals surface area contributed by atoms with Gasteiger partial charge in [-0.05, 0) is 18.1 Å². The SMILES string of the molecule is CC(C)CN/C=C(\C=N)c1cc2c(cc1F)nc1n2[C@@H](c2ccccc2OC(F)F)C[C@H]1O. The fourth-order valence-electron chi connectivity index (χ4n) is 4.17. The highest BCUT2D eigenvalue weighted by molar-refractivity contribution is 6.09. The number of para-hydroxylation sites is 1. The molecular weight excluding hydrogens is 433 g/mol. The van der Waals surface area contributed by atoms with Crippen LogP contribution in [0.5, 0.6) is 5.75 Å². The Labute approximate surface area is 189 Å². The topological polar surface area (TPSA) is 83.2 Å². The predicted octanol–water partition coefficient (Wildman–Crippen LogP) is 5.04. The summed E-state index contributed by atoms with van der Waals surface area (Å²) < 4.78 is 47.3. The zero-order valence-electron chi connectivity index (χ0n) is 18.2. The average Bonchev–Trinajstić information content (AvgIpc) is 3.27. The van der Waals surface area contributed by atoms with Gasteiger partial charge in [-0.1, -0.05) is 32.0 Å². The minimum Gasteiger partial charge on any atom is -0.434 e. The largest absolute Gasteiger partial charge is 0.434 e. The highest BCUT2D eigenvalue weighted by atomic mass is 19.3. The van der Waals surface area contributed by atoms with E-state index < -0.39 is 24.6 Å². The van der Waals surface area contributed by atoms with E-state index in [0.717, 1.165) is 6.21 Å². The second-order valence-electron chi connectivity index (χ2n) is 8.39. The molecule has 0 radical (unpaired) electrons. The molecule has 4 rings (SSSR count). The minimum absolute atomic E-state index is 0.0136. The Kier molecular flexibility index (Phi) is 6.42. The maximum Gasteiger partial charge on any atom is 0.387 e. The van der Waals surface area contributed by atoms with Gasteiger partial charge in [0.1, 0.15) is 23.5 Å². The highest BCUT2D eigenvalue weighted by Gasteiger charge is 2.36. The number of aliphatic hydroxyl groups excluding tert-OH is 1. The van der Waals surface area contributed by atoms with E-state index in [9.17, 15) is 18.3 Å². The number of aliphatic hydroxyl groups is 1. The lowest BCUT2D eigenvalue weighted by Crippen LogP contribution is -2.14. The molecule has 1 aromatic heterocycles. The van der Waals surface area contributed by atoms with Gasteiger partial charge in [0, 0.05) is 48.1 Å². The number of nitrogens with zero attached hydrogens (tertiary/aromatic N) is 2. The van der Waals surface area contributed by atoms with Crippen molar-refractivity contribution < 1.29 is 23.0 Å². The Hall–Kier alpha value is -3.33. The molecule has 1 aliphatic rings. The van der Waals surface area contributed by atoms with Crippen LogP contribution in [0.1, 0.15) is 49.4 Å². The second kappa shape index (κ2) is 9.27. The van der Waals surface area contributed by atoms with Crippen LogP contribution in [0.3, 0.4) is 0 Å². The van der Waals surface area contributed by atoms with Crippen molar-refractivity contribution in [2.45, 2.75) is 39.0 Å². The molecule has 0 unspecified atom stereocenters. The van der Waals surface area contributed by atoms with Crippen LogP contribution in [-0.2, 0) is 0 Å². The predicted molar refractivity (Wildman–Crippen MR) is 120 cm³/mol. The van der Waals surface area contributed by atoms with E-state index >= 15 is 0 Å². The Balaban J connectivity index is 1.83. The molecule has 1 aliphatic heterocycles. The van der Waals surface area contributed by atoms with Crippen LogP contribution in [-0.4, -0.2) is 34.0 Å². The molecule has 9 heteroatoms. The smallest absolute Gasteiger partial charge is 0.387 e. The second-order valence-corrected chi connectivity index (χ2v) is 8.39. The lowest BCUT2D eigenvalue weighted by Gasteiger charge is -2.19. The third kappa shape index (κ3) is 4.45. The Morgan fingerprint density at radius 1 is 1.33 bits per heavy atom. The number of ether oxygens (including phenoxy) is 1. The van der Waals surface area contributed by atoms with E-state index in [1.165, 1.54) is 12.1 Å². The summed E-state index contributed by atoms with van der Waals surface area (Å²) in [6, 6.07) is 8.74. The molecule has 0 saturated carbocycles. The van der Waals surface area contributed by atoms with E-state index in [4.69, 9.17) is 10.1 Å². The van der Waals surface area contributed by atoms with Gasteiger partial charge in [0.05, 0.1) is 17.1 Å². The lowest BCUT2D eigenvalue weighted by atomic mass is 10.0. The van der Waals surface area contributed by atoms with Crippen LogP contribution in [0.25, 0.3) is 16.6 Å². The summed E-state index contributed by atoms with van der Waals surface area (Å²) in [6.07, 6.45) is 1.93. The molecule has 2 heterocycles. The molecule has 3 N–H and O–H groups in total. The van der Waals surface area contributed by atoms with Crippen molar-refractivity contribution in [1.82, 2.24) is 14.9 Å². The Bertz CT molecular complexity index is 1210. The first-order valence-electron chi connectivity index (χ1n) is 10.7. The maximum absolute atomic E-state index is 14.9. The van der Waals surface area contributed by atoms with Crippen molar-refractivity contribution in [2.75, 3.05) is 6.54 Å². The number of imidazole rings is 1. The highest BCUT2D eigenvalue weighted by Crippen LogP contribution is 2.44. The minimum atomic E-state index is -2.99. The number of allylic oxidation sites excluding steroid dienone is 1. The number of halogens is 3. The maximum atomic E-state index is 14.9. The number of rotatable bonds is 8. The van der Waals surface area contributed by atoms with E-state index in [2.05, 4.69) is 10.3 Å². The van der Waals surface area contributed by atoms with E-state index in [0.29, 0.717) is 40.5 Å². The molecule has 0 amide bonds. The number of benzene rings is 2. The molecule has 174 valence electrons. The summed E-state index contributed by atoms with van der Waals surface area (Å²) in [5.41, 5.74) is 1.89. The van der Waals surface area contributed by atoms with E-state index in [-0.39, 0.29) is 17.7 Å². The first-order chi connectivity index (χ1) is 15.8. The number of aromatic nitrogens is 2. The molecular formula is C24H25F3N4O2. The van der Waals surface area contributed by atoms with Crippen LogP contribution in [0.15, 0.2) is 42.6 Å². The van der Waals surface area contributed by atoms with Crippen LogP contribution in [0, 0.1) is 17.1 Å². The standard InChI is InChI=1S/C24H25F3N4O2/c1-13(2)11-29-12-14(10-28)16-7-20-18(8-17(16)25)30-23-21(32)9-19(31(20)23)15-5-3-4-6-22(15)33-24(26)27/h3-8,10,12-13,19,21,24,28-29,32H,9,11H2,1-2H3/b14-12+,28-10?/t19-,21-/m1/s1. The summed E-state index contributed by atoms with van der Waals surface area (Å²) in [4.78, 5) is 4.40. The number of hydrogen-bond acceptors (Lipinski definition) is 5. The molecule has 33 heavy (non-hydrogen) atoms. The Morgan fingerprint density at radius 2 is 2.09 bits per heavy atom. The summed E-state index contributed by atoms with van der Waals surface area (Å²) in [6.45, 7) is 1.75. The van der Waals surface area contributed by atoms with E-state index in [1.54, 1.807) is 35.0 Å². The normalized spacial score (nSPS) is 18.2. The number of fused-ring (bicyclic) bond motifs is 3. The monoisotopic (exact) mass is 458 g/mol. The Morgan fingerprint density at radius 3 is 2.79 bits per heavy atom. The molecule has 0 spiro atoms. The summed E-state index contributed by atoms with van der Waals surface area (Å²) in [5, 5.41) is 21.5. The molecule has 6 nitrogen and oxygen atoms in total. The van der Waals surface area contributed by atoms with Crippen molar-refractivity contribution in [3.8, 4) is 5.75 Å². The summed E-state index contributed by atoms with van der Waals surface area (Å²) >= 11 is 0. The van der Waals surface area contributed by atoms with Gasteiger partial charge in [-0.3, -0.25) is 0 Å². The molecule has 2 aromatic carbocycles. The molecule has 0 aliphatic carbocycles. The van der Waals surface area contributed by atoms with Crippen LogP contribution in [0.4, 0.5) is 13.2 Å². The van der Waals surface area contributed by atoms with Crippen molar-refractivity contribution >= 4 is 22.8 Å². The number of hydrogen-bond donors (Lipinski definition) is 3. The van der Waals surface area contributed by atoms with Gasteiger partial charge in [0.2, 0.25) is 0 Å². The van der Waals surface area contributed by atoms with Gasteiger partial charge < -0.3 is 25.1 Å². The summed E-state index contributed by atoms with van der Waals surface area (Å²) in [5.74, 6) is 0.167. The molecule has 0 saturated heterocycles. The molecule has 2 atom stereocenters. The number of nitrogens with one attached hydrogen (secondary N) is 2. The zero-order chi connectivity index (χ0) is 23.7. The van der Waals surface area contributed by atoms with Gasteiger partial charge in [0.25, 0.3) is 0 Å². The average molecular weight is 458 g/mol. The summed E-state index contributed by atoms with van der Waals surface area (Å²) in [7, 11) is 0. The van der Waals surface area contributed by atoms with Crippen LogP contribution < -0.4 is 10.1 Å². The first-order valence-corrected chi connectivity index (χ1v) is 10.7. The molecule has 0 bridgehead atoms. The van der Waals surface area contributed by atoms with Gasteiger partial charge in [-0.15, -0.1) is 0 Å². The van der Waals surface area contributed by atoms with Crippen molar-refractivity contribution in [3.63, 3.8) is 0 Å². The van der Waals surface area contributed by atoms with Gasteiger partial charge in [0.15, 0.2) is 0 Å². The third-order valence-electron chi connectivity index (χ3n) is 5.61.